The Kier molecular flexibility index (Phi) is 8.81. The van der Waals surface area contributed by atoms with Crippen molar-refractivity contribution in [3.8, 4) is 5.75 Å². The van der Waals surface area contributed by atoms with Crippen LogP contribution >= 0.6 is 0 Å². The van der Waals surface area contributed by atoms with Crippen LogP contribution in [0.4, 0.5) is 8.78 Å². The van der Waals surface area contributed by atoms with Gasteiger partial charge in [0.2, 0.25) is 5.82 Å². The second-order valence-corrected chi connectivity index (χ2v) is 8.69. The standard InChI is InChI=1S/C23H31F2O.Rb/c24-21-15-12-19-11-14-20(26-23(19)22(21)25)13-8-16-6-9-18(10-7-16)17-4-2-1-3-5-17;/h1,12,15-18,20H,2-11,13-14H2;/q-1;+1. The van der Waals surface area contributed by atoms with Crippen molar-refractivity contribution in [1.82, 2.24) is 0 Å². The van der Waals surface area contributed by atoms with E-state index in [1.165, 1.54) is 63.9 Å². The minimum Gasteiger partial charge on any atom is -0.487 e. The topological polar surface area (TPSA) is 9.23 Å². The Balaban J connectivity index is 0.00000210. The molecule has 4 heteroatoms. The molecule has 3 aliphatic rings. The molecule has 0 radical (unpaired) electrons. The first-order valence-electron chi connectivity index (χ1n) is 10.7. The van der Waals surface area contributed by atoms with Gasteiger partial charge in [0, 0.05) is 0 Å². The number of rotatable bonds is 4. The Bertz CT molecular complexity index is 607. The van der Waals surface area contributed by atoms with Crippen molar-refractivity contribution in [2.24, 2.45) is 17.8 Å². The zero-order chi connectivity index (χ0) is 17.9. The normalized spacial score (nSPS) is 28.7. The number of benzene rings is 1. The molecule has 1 unspecified atom stereocenters. The Hall–Kier alpha value is 0.685. The predicted molar refractivity (Wildman–Crippen MR) is 100 cm³/mol. The van der Waals surface area contributed by atoms with Gasteiger partial charge < -0.3 is 11.2 Å². The molecule has 0 spiro atoms. The maximum atomic E-state index is 14.0. The van der Waals surface area contributed by atoms with Gasteiger partial charge in [-0.25, -0.2) is 4.39 Å². The molecular weight excluding hydrogens is 416 g/mol. The van der Waals surface area contributed by atoms with Crippen molar-refractivity contribution < 1.29 is 71.7 Å². The van der Waals surface area contributed by atoms with E-state index in [-0.39, 0.29) is 70.0 Å². The summed E-state index contributed by atoms with van der Waals surface area (Å²) in [7, 11) is 0. The summed E-state index contributed by atoms with van der Waals surface area (Å²) in [5.74, 6) is 1.27. The first-order valence-corrected chi connectivity index (χ1v) is 10.7. The number of aryl methyl sites for hydroxylation is 1. The Morgan fingerprint density at radius 1 is 0.889 bits per heavy atom. The van der Waals surface area contributed by atoms with Crippen molar-refractivity contribution in [3.63, 3.8) is 0 Å². The number of fused-ring (bicyclic) bond motifs is 1. The van der Waals surface area contributed by atoms with Crippen LogP contribution in [-0.4, -0.2) is 6.10 Å². The molecule has 0 amide bonds. The van der Waals surface area contributed by atoms with Crippen LogP contribution in [0, 0.1) is 35.8 Å². The third kappa shape index (κ3) is 5.64. The van der Waals surface area contributed by atoms with Gasteiger partial charge >= 0.3 is 58.2 Å². The summed E-state index contributed by atoms with van der Waals surface area (Å²) in [6.07, 6.45) is 17.3. The van der Waals surface area contributed by atoms with Gasteiger partial charge in [0.1, 0.15) is 0 Å². The van der Waals surface area contributed by atoms with E-state index in [1.54, 1.807) is 6.07 Å². The molecular formula is C23H31F2ORb. The third-order valence-electron chi connectivity index (χ3n) is 7.09. The molecule has 1 heterocycles. The van der Waals surface area contributed by atoms with Gasteiger partial charge in [-0.05, 0) is 67.9 Å². The van der Waals surface area contributed by atoms with Crippen molar-refractivity contribution in [2.45, 2.75) is 83.2 Å². The molecule has 4 rings (SSSR count). The van der Waals surface area contributed by atoms with Crippen molar-refractivity contribution in [1.29, 1.82) is 0 Å². The van der Waals surface area contributed by atoms with Crippen LogP contribution in [0.25, 0.3) is 0 Å². The fraction of sp³-hybridized carbons (Fsp3) is 0.696. The fourth-order valence-electron chi connectivity index (χ4n) is 5.44. The Labute approximate surface area is 211 Å². The second-order valence-electron chi connectivity index (χ2n) is 8.69. The molecule has 27 heavy (non-hydrogen) atoms. The van der Waals surface area contributed by atoms with Gasteiger partial charge in [0.25, 0.3) is 0 Å². The quantitative estimate of drug-likeness (QED) is 0.642. The summed E-state index contributed by atoms with van der Waals surface area (Å²) in [6, 6.07) is 2.87. The number of hydrogen-bond acceptors (Lipinski definition) is 1. The summed E-state index contributed by atoms with van der Waals surface area (Å²) >= 11 is 0. The maximum absolute atomic E-state index is 14.0. The molecule has 2 fully saturated rings. The van der Waals surface area contributed by atoms with E-state index in [0.717, 1.165) is 42.6 Å². The summed E-state index contributed by atoms with van der Waals surface area (Å²) < 4.78 is 33.2. The van der Waals surface area contributed by atoms with E-state index < -0.39 is 11.6 Å². The molecule has 144 valence electrons. The number of halogens is 2. The summed E-state index contributed by atoms with van der Waals surface area (Å²) in [5, 5.41) is 0. The molecule has 0 N–H and O–H groups in total. The largest absolute Gasteiger partial charge is 1.00 e. The zero-order valence-electron chi connectivity index (χ0n) is 16.7. The van der Waals surface area contributed by atoms with E-state index in [4.69, 9.17) is 4.74 Å². The fourth-order valence-corrected chi connectivity index (χ4v) is 5.44. The van der Waals surface area contributed by atoms with Crippen LogP contribution in [-0.2, 0) is 6.42 Å². The zero-order valence-corrected chi connectivity index (χ0v) is 21.6. The average molecular weight is 447 g/mol. The Morgan fingerprint density at radius 3 is 2.33 bits per heavy atom. The van der Waals surface area contributed by atoms with Crippen LogP contribution in [0.15, 0.2) is 12.1 Å². The van der Waals surface area contributed by atoms with Gasteiger partial charge in [-0.2, -0.15) is 17.2 Å². The van der Waals surface area contributed by atoms with Crippen molar-refractivity contribution >= 4 is 0 Å². The smallest absolute Gasteiger partial charge is 0.487 e. The van der Waals surface area contributed by atoms with Gasteiger partial charge in [-0.3, -0.25) is 0 Å². The van der Waals surface area contributed by atoms with E-state index in [0.29, 0.717) is 0 Å². The van der Waals surface area contributed by atoms with Gasteiger partial charge in [-0.1, -0.05) is 31.7 Å². The molecule has 1 aromatic carbocycles. The van der Waals surface area contributed by atoms with Crippen molar-refractivity contribution in [3.05, 3.63) is 35.8 Å². The van der Waals surface area contributed by atoms with E-state index in [9.17, 15) is 8.78 Å². The molecule has 1 aliphatic heterocycles. The van der Waals surface area contributed by atoms with Crippen LogP contribution in [0.3, 0.4) is 0 Å². The molecule has 0 saturated heterocycles. The predicted octanol–water partition coefficient (Wildman–Crippen LogP) is 3.64. The minimum absolute atomic E-state index is 0. The number of ether oxygens (including phenoxy) is 1. The molecule has 0 aromatic heterocycles. The molecule has 2 aliphatic carbocycles. The molecule has 1 aromatic rings. The monoisotopic (exact) mass is 446 g/mol. The summed E-state index contributed by atoms with van der Waals surface area (Å²) in [6.45, 7) is 0. The molecule has 2 saturated carbocycles. The minimum atomic E-state index is -0.808. The first-order chi connectivity index (χ1) is 12.7. The van der Waals surface area contributed by atoms with E-state index >= 15 is 0 Å². The third-order valence-corrected chi connectivity index (χ3v) is 7.09. The van der Waals surface area contributed by atoms with Crippen molar-refractivity contribution in [2.75, 3.05) is 0 Å². The average Bonchev–Trinajstić information content (AvgIpc) is 2.70. The summed E-state index contributed by atoms with van der Waals surface area (Å²) in [4.78, 5) is 0. The number of hydrogen-bond donors (Lipinski definition) is 0. The van der Waals surface area contributed by atoms with Gasteiger partial charge in [0.05, 0.1) is 6.10 Å². The van der Waals surface area contributed by atoms with Gasteiger partial charge in [0.15, 0.2) is 11.6 Å². The van der Waals surface area contributed by atoms with Crippen LogP contribution in [0.2, 0.25) is 0 Å². The second kappa shape index (κ2) is 10.6. The maximum Gasteiger partial charge on any atom is 1.00 e. The summed E-state index contributed by atoms with van der Waals surface area (Å²) in [5.41, 5.74) is 0.811. The Morgan fingerprint density at radius 2 is 1.59 bits per heavy atom. The van der Waals surface area contributed by atoms with Gasteiger partial charge in [-0.15, -0.1) is 0 Å². The van der Waals surface area contributed by atoms with E-state index in [1.807, 2.05) is 0 Å². The first kappa shape index (κ1) is 22.4. The van der Waals surface area contributed by atoms with Crippen LogP contribution < -0.4 is 62.9 Å². The van der Waals surface area contributed by atoms with E-state index in [2.05, 4.69) is 6.42 Å². The van der Waals surface area contributed by atoms with Crippen LogP contribution in [0.5, 0.6) is 5.75 Å². The molecule has 0 bridgehead atoms. The SMILES string of the molecule is Fc1ccc2c(c1F)OC(CCC1CCC(C3CC[CH-]CC3)CC1)CC2.[Rb+]. The molecule has 1 nitrogen and oxygen atoms in total. The molecule has 1 atom stereocenters. The van der Waals surface area contributed by atoms with Crippen LogP contribution in [0.1, 0.15) is 76.2 Å².